The number of likely N-dealkylation sites (N-methyl/N-ethyl adjacent to an activating group) is 1. The Labute approximate surface area is 182 Å². The number of anilines is 1. The van der Waals surface area contributed by atoms with E-state index in [0.29, 0.717) is 30.0 Å². The second-order valence-corrected chi connectivity index (χ2v) is 7.42. The number of pyridine rings is 1. The molecule has 0 bridgehead atoms. The zero-order valence-corrected chi connectivity index (χ0v) is 17.3. The van der Waals surface area contributed by atoms with Crippen molar-refractivity contribution in [2.75, 3.05) is 38.1 Å². The number of aromatic nitrogens is 3. The molecule has 2 amide bonds. The van der Waals surface area contributed by atoms with Gasteiger partial charge in [-0.15, -0.1) is 10.2 Å². The van der Waals surface area contributed by atoms with Gasteiger partial charge in [0.1, 0.15) is 5.82 Å². The molecule has 1 saturated heterocycles. The van der Waals surface area contributed by atoms with Crippen molar-refractivity contribution < 1.29 is 22.4 Å². The first-order chi connectivity index (χ1) is 15.4. The average Bonchev–Trinajstić information content (AvgIpc) is 3.29. The van der Waals surface area contributed by atoms with Gasteiger partial charge in [0.25, 0.3) is 5.89 Å². The third kappa shape index (κ3) is 4.88. The maximum atomic E-state index is 13.9. The topological polar surface area (TPSA) is 78.6 Å². The van der Waals surface area contributed by atoms with Gasteiger partial charge >= 0.3 is 12.5 Å². The Hall–Kier alpha value is -3.47. The summed E-state index contributed by atoms with van der Waals surface area (Å²) in [7, 11) is 1.99. The fourth-order valence-electron chi connectivity index (χ4n) is 3.33. The predicted molar refractivity (Wildman–Crippen MR) is 110 cm³/mol. The third-order valence-corrected chi connectivity index (χ3v) is 5.14. The number of hydrogen-bond donors (Lipinski definition) is 0. The Balaban J connectivity index is 1.55. The monoisotopic (exact) mass is 446 g/mol. The molecule has 0 N–H and O–H groups in total. The summed E-state index contributed by atoms with van der Waals surface area (Å²) in [5, 5.41) is 6.90. The van der Waals surface area contributed by atoms with E-state index in [1.54, 1.807) is 29.2 Å². The van der Waals surface area contributed by atoms with E-state index in [0.717, 1.165) is 13.1 Å². The van der Waals surface area contributed by atoms with Crippen LogP contribution in [-0.4, -0.2) is 64.2 Å². The van der Waals surface area contributed by atoms with Gasteiger partial charge in [0.15, 0.2) is 0 Å². The summed E-state index contributed by atoms with van der Waals surface area (Å²) in [6, 6.07) is 8.80. The standard InChI is InChI=1S/C21H21F3N6O2/c1-28-7-9-29(10-8-28)21(31)30(17-4-2-3-15(22)11-17)13-16-6-5-14(12-25-16)19-26-27-20(32-19)18(23)24/h2-6,11-12,18H,7-10,13H2,1H3. The Bertz CT molecular complexity index is 1070. The van der Waals surface area contributed by atoms with Gasteiger partial charge in [-0.25, -0.2) is 9.18 Å². The van der Waals surface area contributed by atoms with E-state index in [2.05, 4.69) is 20.1 Å². The van der Waals surface area contributed by atoms with Crippen molar-refractivity contribution in [3.05, 3.63) is 60.0 Å². The van der Waals surface area contributed by atoms with E-state index in [9.17, 15) is 18.0 Å². The molecular formula is C21H21F3N6O2. The van der Waals surface area contributed by atoms with E-state index in [1.807, 2.05) is 7.05 Å². The molecule has 32 heavy (non-hydrogen) atoms. The molecule has 2 aromatic heterocycles. The van der Waals surface area contributed by atoms with Crippen LogP contribution in [0, 0.1) is 5.82 Å². The van der Waals surface area contributed by atoms with E-state index < -0.39 is 18.1 Å². The van der Waals surface area contributed by atoms with Crippen molar-refractivity contribution >= 4 is 11.7 Å². The highest BCUT2D eigenvalue weighted by Gasteiger charge is 2.26. The lowest BCUT2D eigenvalue weighted by molar-refractivity contribution is 0.116. The van der Waals surface area contributed by atoms with Crippen molar-refractivity contribution in [2.24, 2.45) is 0 Å². The summed E-state index contributed by atoms with van der Waals surface area (Å²) in [5.74, 6) is -1.29. The predicted octanol–water partition coefficient (Wildman–Crippen LogP) is 3.58. The molecule has 8 nitrogen and oxygen atoms in total. The number of carbonyl (C=O) groups is 1. The molecule has 3 aromatic rings. The number of benzene rings is 1. The van der Waals surface area contributed by atoms with Crippen LogP contribution < -0.4 is 4.90 Å². The number of carbonyl (C=O) groups excluding carboxylic acids is 1. The van der Waals surface area contributed by atoms with E-state index in [4.69, 9.17) is 4.42 Å². The second-order valence-electron chi connectivity index (χ2n) is 7.42. The molecule has 4 rings (SSSR count). The lowest BCUT2D eigenvalue weighted by Crippen LogP contribution is -2.52. The first-order valence-corrected chi connectivity index (χ1v) is 9.98. The molecular weight excluding hydrogens is 425 g/mol. The number of nitrogens with zero attached hydrogens (tertiary/aromatic N) is 6. The molecule has 11 heteroatoms. The SMILES string of the molecule is CN1CCN(C(=O)N(Cc2ccc(-c3nnc(C(F)F)o3)cn2)c2cccc(F)c2)CC1. The molecule has 3 heterocycles. The molecule has 0 atom stereocenters. The van der Waals surface area contributed by atoms with Crippen molar-refractivity contribution in [1.29, 1.82) is 0 Å². The number of piperazine rings is 1. The van der Waals surface area contributed by atoms with Crippen molar-refractivity contribution in [3.63, 3.8) is 0 Å². The van der Waals surface area contributed by atoms with Crippen LogP contribution in [0.2, 0.25) is 0 Å². The Kier molecular flexibility index (Phi) is 6.35. The number of alkyl halides is 2. The van der Waals surface area contributed by atoms with Crippen LogP contribution in [0.4, 0.5) is 23.7 Å². The summed E-state index contributed by atoms with van der Waals surface area (Å²) in [6.45, 7) is 2.73. The van der Waals surface area contributed by atoms with Crippen LogP contribution in [0.3, 0.4) is 0 Å². The smallest absolute Gasteiger partial charge is 0.324 e. The molecule has 1 aliphatic heterocycles. The minimum Gasteiger partial charge on any atom is -0.415 e. The number of halogens is 3. The molecule has 0 aliphatic carbocycles. The van der Waals surface area contributed by atoms with Gasteiger partial charge < -0.3 is 14.2 Å². The zero-order valence-electron chi connectivity index (χ0n) is 17.3. The quantitative estimate of drug-likeness (QED) is 0.596. The average molecular weight is 446 g/mol. The largest absolute Gasteiger partial charge is 0.415 e. The number of urea groups is 1. The lowest BCUT2D eigenvalue weighted by atomic mass is 10.2. The first kappa shape index (κ1) is 21.8. The fraction of sp³-hybridized carbons (Fsp3) is 0.333. The highest BCUT2D eigenvalue weighted by molar-refractivity contribution is 5.92. The molecule has 0 spiro atoms. The first-order valence-electron chi connectivity index (χ1n) is 9.98. The summed E-state index contributed by atoms with van der Waals surface area (Å²) in [6.07, 6.45) is -1.45. The fourth-order valence-corrected chi connectivity index (χ4v) is 3.33. The molecule has 0 unspecified atom stereocenters. The molecule has 1 fully saturated rings. The van der Waals surface area contributed by atoms with Crippen LogP contribution in [0.5, 0.6) is 0 Å². The highest BCUT2D eigenvalue weighted by atomic mass is 19.3. The summed E-state index contributed by atoms with van der Waals surface area (Å²) < 4.78 is 44.1. The van der Waals surface area contributed by atoms with E-state index in [1.165, 1.54) is 23.2 Å². The highest BCUT2D eigenvalue weighted by Crippen LogP contribution is 2.24. The van der Waals surface area contributed by atoms with Gasteiger partial charge in [0.2, 0.25) is 5.89 Å². The number of rotatable bonds is 5. The van der Waals surface area contributed by atoms with Gasteiger partial charge in [-0.05, 0) is 37.4 Å². The van der Waals surface area contributed by atoms with Gasteiger partial charge in [-0.3, -0.25) is 9.88 Å². The van der Waals surface area contributed by atoms with E-state index in [-0.39, 0.29) is 18.5 Å². The molecule has 1 aromatic carbocycles. The Morgan fingerprint density at radius 1 is 1.16 bits per heavy atom. The normalized spacial score (nSPS) is 14.7. The minimum absolute atomic E-state index is 0.0742. The van der Waals surface area contributed by atoms with Crippen LogP contribution >= 0.6 is 0 Å². The number of hydrogen-bond acceptors (Lipinski definition) is 6. The van der Waals surface area contributed by atoms with Crippen LogP contribution in [0.25, 0.3) is 11.5 Å². The Morgan fingerprint density at radius 2 is 1.94 bits per heavy atom. The minimum atomic E-state index is -2.86. The van der Waals surface area contributed by atoms with Gasteiger partial charge in [-0.1, -0.05) is 6.07 Å². The van der Waals surface area contributed by atoms with Crippen molar-refractivity contribution in [2.45, 2.75) is 13.0 Å². The number of amides is 2. The van der Waals surface area contributed by atoms with Gasteiger partial charge in [0.05, 0.1) is 17.8 Å². The summed E-state index contributed by atoms with van der Waals surface area (Å²) in [4.78, 5) is 22.9. The van der Waals surface area contributed by atoms with Crippen LogP contribution in [0.15, 0.2) is 47.0 Å². The molecule has 0 saturated carbocycles. The molecule has 168 valence electrons. The summed E-state index contributed by atoms with van der Waals surface area (Å²) in [5.41, 5.74) is 1.31. The zero-order chi connectivity index (χ0) is 22.7. The van der Waals surface area contributed by atoms with E-state index >= 15 is 0 Å². The lowest BCUT2D eigenvalue weighted by Gasteiger charge is -2.36. The molecule has 1 aliphatic rings. The summed E-state index contributed by atoms with van der Waals surface area (Å²) >= 11 is 0. The van der Waals surface area contributed by atoms with Gasteiger partial charge in [0, 0.05) is 38.1 Å². The molecule has 0 radical (unpaired) electrons. The van der Waals surface area contributed by atoms with Crippen molar-refractivity contribution in [1.82, 2.24) is 25.0 Å². The van der Waals surface area contributed by atoms with Crippen molar-refractivity contribution in [3.8, 4) is 11.5 Å². The maximum absolute atomic E-state index is 13.9. The van der Waals surface area contributed by atoms with Gasteiger partial charge in [-0.2, -0.15) is 8.78 Å². The maximum Gasteiger partial charge on any atom is 0.324 e. The van der Waals surface area contributed by atoms with Crippen LogP contribution in [-0.2, 0) is 6.54 Å². The Morgan fingerprint density at radius 3 is 2.56 bits per heavy atom. The third-order valence-electron chi connectivity index (χ3n) is 5.14. The van der Waals surface area contributed by atoms with Crippen LogP contribution in [0.1, 0.15) is 18.0 Å². The second kappa shape index (κ2) is 9.35.